The van der Waals surface area contributed by atoms with E-state index in [-0.39, 0.29) is 10.8 Å². The molecule has 0 atom stereocenters. The Bertz CT molecular complexity index is 4710. The van der Waals surface area contributed by atoms with Crippen LogP contribution in [0.5, 0.6) is 0 Å². The molecule has 0 radical (unpaired) electrons. The monoisotopic (exact) mass is 1570 g/mol. The molecule has 3 nitrogen and oxygen atoms in total. The van der Waals surface area contributed by atoms with Crippen LogP contribution >= 0.6 is 22.7 Å². The maximum Gasteiger partial charge on any atom is 0.143 e. The number of hydrogen-bond acceptors (Lipinski definition) is 5. The summed E-state index contributed by atoms with van der Waals surface area (Å²) >= 11 is 3.65. The lowest BCUT2D eigenvalue weighted by Gasteiger charge is -2.34. The summed E-state index contributed by atoms with van der Waals surface area (Å²) in [6.45, 7) is 9.33. The van der Waals surface area contributed by atoms with Crippen molar-refractivity contribution in [3.05, 3.63) is 236 Å². The highest BCUT2D eigenvalue weighted by molar-refractivity contribution is 7.11. The average Bonchev–Trinajstić information content (AvgIpc) is 1.57. The van der Waals surface area contributed by atoms with E-state index in [9.17, 15) is 0 Å². The molecule has 13 rings (SSSR count). The fraction of sp³-hybridized carbons (Fsp3) is 0.455. The molecule has 0 aliphatic heterocycles. The second-order valence-corrected chi connectivity index (χ2v) is 36.5. The SMILES string of the molecule is CCCCCCCCCCCCC1(CCCCCCCCCCCC)c2cc(-c3ccccc3)ccc2-c2ccc(-c3cc(/C=C/c4cccs4)c(-c4ccc5c(c4)C(CCCCCCCCCCCC)(CCCCCCCCCCCC)c4cc(-c6ccc(-c7ccccc7)c7nonc67)ccc4-5)cc3/C=C/c3cccs3)cc21. The topological polar surface area (TPSA) is 38.9 Å². The average molecular weight is 1570 g/mol. The van der Waals surface area contributed by atoms with Crippen molar-refractivity contribution in [3.8, 4) is 77.9 Å². The fourth-order valence-electron chi connectivity index (χ4n) is 19.8. The molecule has 0 spiro atoms. The summed E-state index contributed by atoms with van der Waals surface area (Å²) < 4.78 is 5.70. The van der Waals surface area contributed by atoms with E-state index in [0.29, 0.717) is 0 Å². The van der Waals surface area contributed by atoms with Crippen molar-refractivity contribution in [2.24, 2.45) is 0 Å². The van der Waals surface area contributed by atoms with Gasteiger partial charge < -0.3 is 0 Å². The Morgan fingerprint density at radius 1 is 0.243 bits per heavy atom. The Hall–Kier alpha value is -7.96. The molecule has 0 bridgehead atoms. The van der Waals surface area contributed by atoms with Crippen molar-refractivity contribution in [2.45, 2.75) is 321 Å². The standard InChI is InChI=1S/C110H136N2OS2/c1-5-9-13-17-21-25-29-33-37-47-73-109(74-48-38-34-30-26-22-18-14-10-6-2)103-81-87(85-53-43-41-44-54-85)61-67-97(103)99-69-63-91(83-105(99)109)101-79-89(60-66-94-58-52-78-115-94)102(80-88(101)59-65-93-57-51-77-114-93)92-64-70-100-98-68-62-90(96-72-71-95(86-55-45-42-46-56-86)107-108(96)112-113-111-107)82-104(98)110(106(100)84-92,75-49-39-35-31-27-23-19-15-11-7-3)76-50-40-36-32-28-24-20-16-12-8-4/h41-46,51-72,77-84H,5-40,47-50,73-76H2,1-4H3/b65-59+,66-60+. The lowest BCUT2D eigenvalue weighted by Crippen LogP contribution is -2.25. The molecule has 0 amide bonds. The van der Waals surface area contributed by atoms with E-state index < -0.39 is 0 Å². The maximum atomic E-state index is 5.70. The molecule has 2 aliphatic rings. The molecule has 8 aromatic carbocycles. The number of unbranched alkanes of at least 4 members (excludes halogenated alkanes) is 36. The first-order valence-corrected chi connectivity index (χ1v) is 48.3. The molecule has 3 aromatic heterocycles. The van der Waals surface area contributed by atoms with Crippen LogP contribution in [0.1, 0.15) is 353 Å². The van der Waals surface area contributed by atoms with E-state index in [0.717, 1.165) is 40.6 Å². The predicted molar refractivity (Wildman–Crippen MR) is 504 cm³/mol. The second kappa shape index (κ2) is 45.1. The van der Waals surface area contributed by atoms with Crippen LogP contribution in [-0.2, 0) is 10.8 Å². The van der Waals surface area contributed by atoms with Crippen molar-refractivity contribution < 1.29 is 4.63 Å². The third-order valence-corrected chi connectivity index (χ3v) is 27.9. The summed E-state index contributed by atoms with van der Waals surface area (Å²) in [5.74, 6) is 0. The lowest BCUT2D eigenvalue weighted by molar-refractivity contribution is 0.315. The highest BCUT2D eigenvalue weighted by Crippen LogP contribution is 2.59. The second-order valence-electron chi connectivity index (χ2n) is 34.5. The van der Waals surface area contributed by atoms with Crippen LogP contribution in [0.3, 0.4) is 0 Å². The first-order valence-electron chi connectivity index (χ1n) is 46.5. The van der Waals surface area contributed by atoms with Gasteiger partial charge in [0.2, 0.25) is 0 Å². The molecule has 0 fully saturated rings. The van der Waals surface area contributed by atoms with Crippen LogP contribution < -0.4 is 0 Å². The van der Waals surface area contributed by atoms with Crippen LogP contribution in [0.4, 0.5) is 0 Å². The van der Waals surface area contributed by atoms with Gasteiger partial charge in [0.25, 0.3) is 0 Å². The van der Waals surface area contributed by atoms with Crippen LogP contribution in [0.2, 0.25) is 0 Å². The highest BCUT2D eigenvalue weighted by atomic mass is 32.1. The van der Waals surface area contributed by atoms with Gasteiger partial charge in [0.15, 0.2) is 0 Å². The maximum absolute atomic E-state index is 5.70. The zero-order valence-electron chi connectivity index (χ0n) is 71.0. The number of benzene rings is 8. The van der Waals surface area contributed by atoms with Gasteiger partial charge in [0, 0.05) is 31.7 Å². The Balaban J connectivity index is 0.926. The Morgan fingerprint density at radius 2 is 0.522 bits per heavy atom. The smallest absolute Gasteiger partial charge is 0.143 e. The van der Waals surface area contributed by atoms with Crippen molar-refractivity contribution in [3.63, 3.8) is 0 Å². The lowest BCUT2D eigenvalue weighted by atomic mass is 9.69. The van der Waals surface area contributed by atoms with Crippen LogP contribution in [0.15, 0.2) is 197 Å². The van der Waals surface area contributed by atoms with Crippen molar-refractivity contribution in [1.82, 2.24) is 10.3 Å². The molecule has 115 heavy (non-hydrogen) atoms. The largest absolute Gasteiger partial charge is 0.243 e. The van der Waals surface area contributed by atoms with Crippen LogP contribution in [0, 0.1) is 0 Å². The molecule has 5 heteroatoms. The third kappa shape index (κ3) is 22.3. The number of aromatic nitrogens is 2. The zero-order chi connectivity index (χ0) is 79.0. The van der Waals surface area contributed by atoms with E-state index >= 15 is 0 Å². The van der Waals surface area contributed by atoms with Crippen molar-refractivity contribution >= 4 is 58.0 Å². The van der Waals surface area contributed by atoms with E-state index in [2.05, 4.69) is 250 Å². The van der Waals surface area contributed by atoms with Gasteiger partial charge in [-0.1, -0.05) is 430 Å². The molecular formula is C110H136N2OS2. The van der Waals surface area contributed by atoms with Gasteiger partial charge in [-0.05, 0) is 208 Å². The van der Waals surface area contributed by atoms with Gasteiger partial charge in [0.05, 0.1) is 0 Å². The molecule has 3 heterocycles. The molecule has 0 saturated carbocycles. The fourth-order valence-corrected chi connectivity index (χ4v) is 21.0. The van der Waals surface area contributed by atoms with Crippen LogP contribution in [0.25, 0.3) is 113 Å². The van der Waals surface area contributed by atoms with E-state index in [1.54, 1.807) is 11.1 Å². The zero-order valence-corrected chi connectivity index (χ0v) is 72.6. The van der Waals surface area contributed by atoms with Crippen LogP contribution in [-0.4, -0.2) is 10.3 Å². The van der Waals surface area contributed by atoms with E-state index in [1.807, 2.05) is 22.7 Å². The first-order chi connectivity index (χ1) is 56.9. The van der Waals surface area contributed by atoms with E-state index in [1.165, 1.54) is 363 Å². The molecule has 11 aromatic rings. The van der Waals surface area contributed by atoms with Gasteiger partial charge >= 0.3 is 0 Å². The number of thiophene rings is 2. The van der Waals surface area contributed by atoms with Gasteiger partial charge in [-0.3, -0.25) is 0 Å². The summed E-state index contributed by atoms with van der Waals surface area (Å²) in [5, 5.41) is 13.8. The molecule has 2 aliphatic carbocycles. The van der Waals surface area contributed by atoms with Crippen molar-refractivity contribution in [2.75, 3.05) is 0 Å². The summed E-state index contributed by atoms with van der Waals surface area (Å²) in [5.41, 5.74) is 27.9. The number of fused-ring (bicyclic) bond motifs is 7. The molecule has 0 unspecified atom stereocenters. The summed E-state index contributed by atoms with van der Waals surface area (Å²) in [6, 6.07) is 71.2. The summed E-state index contributed by atoms with van der Waals surface area (Å²) in [4.78, 5) is 2.54. The third-order valence-electron chi connectivity index (χ3n) is 26.3. The Morgan fingerprint density at radius 3 is 0.843 bits per heavy atom. The Kier molecular flexibility index (Phi) is 33.3. The minimum Gasteiger partial charge on any atom is -0.243 e. The number of rotatable bonds is 53. The van der Waals surface area contributed by atoms with Gasteiger partial charge in [0.1, 0.15) is 11.0 Å². The number of nitrogens with zero attached hydrogens (tertiary/aromatic N) is 2. The van der Waals surface area contributed by atoms with Gasteiger partial charge in [-0.15, -0.1) is 22.7 Å². The van der Waals surface area contributed by atoms with Gasteiger partial charge in [-0.2, -0.15) is 0 Å². The normalized spacial score (nSPS) is 13.3. The molecular weight excluding hydrogens is 1430 g/mol. The first kappa shape index (κ1) is 84.9. The van der Waals surface area contributed by atoms with Crippen molar-refractivity contribution in [1.29, 1.82) is 0 Å². The van der Waals surface area contributed by atoms with E-state index in [4.69, 9.17) is 9.79 Å². The Labute approximate surface area is 702 Å². The number of hydrogen-bond donors (Lipinski definition) is 0. The minimum absolute atomic E-state index is 0.107. The quantitative estimate of drug-likeness (QED) is 0.0357. The molecule has 604 valence electrons. The minimum atomic E-state index is -0.199. The van der Waals surface area contributed by atoms with Gasteiger partial charge in [-0.25, -0.2) is 4.63 Å². The summed E-state index contributed by atoms with van der Waals surface area (Å²) in [6.07, 6.45) is 67.6. The summed E-state index contributed by atoms with van der Waals surface area (Å²) in [7, 11) is 0. The predicted octanol–water partition coefficient (Wildman–Crippen LogP) is 35.8. The molecule has 0 saturated heterocycles. The molecule has 0 N–H and O–H groups in total. The highest BCUT2D eigenvalue weighted by Gasteiger charge is 2.45.